The molecule has 1 aliphatic carbocycles. The number of hydrogen-bond donors (Lipinski definition) is 2. The minimum Gasteiger partial charge on any atom is -0.389 e. The van der Waals surface area contributed by atoms with Crippen molar-refractivity contribution in [1.29, 1.82) is 0 Å². The van der Waals surface area contributed by atoms with Crippen LogP contribution in [0.1, 0.15) is 69.9 Å². The van der Waals surface area contributed by atoms with Gasteiger partial charge in [-0.3, -0.25) is 0 Å². The van der Waals surface area contributed by atoms with Crippen LogP contribution in [0.4, 0.5) is 0 Å². The second kappa shape index (κ2) is 6.05. The summed E-state index contributed by atoms with van der Waals surface area (Å²) in [6.45, 7) is 5.87. The summed E-state index contributed by atoms with van der Waals surface area (Å²) >= 11 is 0. The SMILES string of the molecule is CC(C)c1nc2n(n1)CC(NCC1(O)CCCCC1)CC2. The van der Waals surface area contributed by atoms with Crippen molar-refractivity contribution in [3.63, 3.8) is 0 Å². The van der Waals surface area contributed by atoms with Crippen molar-refractivity contribution in [1.82, 2.24) is 20.1 Å². The fraction of sp³-hybridized carbons (Fsp3) is 0.875. The Hall–Kier alpha value is -0.940. The molecular formula is C16H28N4O. The molecule has 3 rings (SSSR count). The van der Waals surface area contributed by atoms with Gasteiger partial charge in [0.25, 0.3) is 0 Å². The number of aryl methyl sites for hydroxylation is 1. The van der Waals surface area contributed by atoms with E-state index < -0.39 is 5.60 Å². The van der Waals surface area contributed by atoms with Gasteiger partial charge in [0.1, 0.15) is 5.82 Å². The largest absolute Gasteiger partial charge is 0.389 e. The molecule has 0 saturated heterocycles. The highest BCUT2D eigenvalue weighted by Gasteiger charge is 2.30. The van der Waals surface area contributed by atoms with Crippen molar-refractivity contribution >= 4 is 0 Å². The summed E-state index contributed by atoms with van der Waals surface area (Å²) < 4.78 is 2.06. The first kappa shape index (κ1) is 15.0. The highest BCUT2D eigenvalue weighted by atomic mass is 16.3. The summed E-state index contributed by atoms with van der Waals surface area (Å²) in [5.74, 6) is 2.46. The Kier molecular flexibility index (Phi) is 4.31. The van der Waals surface area contributed by atoms with Crippen molar-refractivity contribution in [3.05, 3.63) is 11.6 Å². The van der Waals surface area contributed by atoms with Gasteiger partial charge in [0.05, 0.1) is 12.1 Å². The molecule has 21 heavy (non-hydrogen) atoms. The quantitative estimate of drug-likeness (QED) is 0.891. The van der Waals surface area contributed by atoms with E-state index in [1.54, 1.807) is 0 Å². The van der Waals surface area contributed by atoms with Gasteiger partial charge in [0, 0.05) is 24.9 Å². The standard InChI is InChI=1S/C16H28N4O/c1-12(2)15-18-14-7-6-13(10-20(14)19-15)17-11-16(21)8-4-3-5-9-16/h12-13,17,21H,3-11H2,1-2H3. The average Bonchev–Trinajstić information content (AvgIpc) is 2.89. The van der Waals surface area contributed by atoms with Gasteiger partial charge in [-0.1, -0.05) is 33.1 Å². The van der Waals surface area contributed by atoms with E-state index in [1.165, 1.54) is 6.42 Å². The maximum Gasteiger partial charge on any atom is 0.153 e. The molecule has 1 aromatic rings. The minimum absolute atomic E-state index is 0.387. The van der Waals surface area contributed by atoms with Crippen LogP contribution >= 0.6 is 0 Å². The van der Waals surface area contributed by atoms with Crippen LogP contribution in [-0.4, -0.2) is 38.1 Å². The third kappa shape index (κ3) is 3.46. The monoisotopic (exact) mass is 292 g/mol. The van der Waals surface area contributed by atoms with Crippen LogP contribution in [0.3, 0.4) is 0 Å². The molecule has 1 saturated carbocycles. The Morgan fingerprint density at radius 3 is 2.81 bits per heavy atom. The van der Waals surface area contributed by atoms with E-state index in [2.05, 4.69) is 33.9 Å². The van der Waals surface area contributed by atoms with E-state index >= 15 is 0 Å². The van der Waals surface area contributed by atoms with E-state index in [-0.39, 0.29) is 0 Å². The highest BCUT2D eigenvalue weighted by molar-refractivity contribution is 5.01. The third-order valence-corrected chi connectivity index (χ3v) is 4.89. The Morgan fingerprint density at radius 1 is 1.33 bits per heavy atom. The fourth-order valence-electron chi connectivity index (χ4n) is 3.46. The van der Waals surface area contributed by atoms with E-state index in [0.29, 0.717) is 12.0 Å². The van der Waals surface area contributed by atoms with Gasteiger partial charge in [0.15, 0.2) is 5.82 Å². The summed E-state index contributed by atoms with van der Waals surface area (Å²) in [6.07, 6.45) is 7.55. The van der Waals surface area contributed by atoms with Crippen LogP contribution < -0.4 is 5.32 Å². The van der Waals surface area contributed by atoms with Crippen LogP contribution in [0, 0.1) is 0 Å². The number of aromatic nitrogens is 3. The fourth-order valence-corrected chi connectivity index (χ4v) is 3.46. The van der Waals surface area contributed by atoms with Gasteiger partial charge in [0.2, 0.25) is 0 Å². The first-order chi connectivity index (χ1) is 10.1. The zero-order valence-electron chi connectivity index (χ0n) is 13.3. The average molecular weight is 292 g/mol. The molecule has 0 spiro atoms. The topological polar surface area (TPSA) is 63.0 Å². The van der Waals surface area contributed by atoms with E-state index in [9.17, 15) is 5.11 Å². The van der Waals surface area contributed by atoms with Crippen LogP contribution in [0.2, 0.25) is 0 Å². The van der Waals surface area contributed by atoms with Crippen LogP contribution in [0.15, 0.2) is 0 Å². The molecule has 1 unspecified atom stereocenters. The van der Waals surface area contributed by atoms with Crippen molar-refractivity contribution in [2.24, 2.45) is 0 Å². The first-order valence-corrected chi connectivity index (χ1v) is 8.45. The Balaban J connectivity index is 1.56. The van der Waals surface area contributed by atoms with Gasteiger partial charge < -0.3 is 10.4 Å². The molecule has 0 radical (unpaired) electrons. The number of aliphatic hydroxyl groups is 1. The molecule has 1 fully saturated rings. The van der Waals surface area contributed by atoms with Gasteiger partial charge in [-0.05, 0) is 19.3 Å². The molecular weight excluding hydrogens is 264 g/mol. The molecule has 5 nitrogen and oxygen atoms in total. The van der Waals surface area contributed by atoms with Gasteiger partial charge in [-0.2, -0.15) is 5.10 Å². The Bertz CT molecular complexity index is 477. The van der Waals surface area contributed by atoms with Gasteiger partial charge in [-0.25, -0.2) is 9.67 Å². The predicted molar refractivity (Wildman–Crippen MR) is 82.3 cm³/mol. The Morgan fingerprint density at radius 2 is 2.10 bits per heavy atom. The van der Waals surface area contributed by atoms with Gasteiger partial charge >= 0.3 is 0 Å². The normalized spacial score (nSPS) is 25.0. The van der Waals surface area contributed by atoms with Crippen molar-refractivity contribution in [3.8, 4) is 0 Å². The maximum absolute atomic E-state index is 10.6. The second-order valence-electron chi connectivity index (χ2n) is 7.12. The summed E-state index contributed by atoms with van der Waals surface area (Å²) in [5.41, 5.74) is -0.482. The molecule has 0 bridgehead atoms. The number of fused-ring (bicyclic) bond motifs is 1. The number of nitrogens with one attached hydrogen (secondary N) is 1. The molecule has 0 amide bonds. The van der Waals surface area contributed by atoms with Crippen LogP contribution in [-0.2, 0) is 13.0 Å². The summed E-state index contributed by atoms with van der Waals surface area (Å²) in [5, 5.41) is 18.8. The Labute approximate surface area is 127 Å². The molecule has 2 N–H and O–H groups in total. The van der Waals surface area contributed by atoms with E-state index in [0.717, 1.165) is 63.3 Å². The van der Waals surface area contributed by atoms with E-state index in [1.807, 2.05) is 0 Å². The van der Waals surface area contributed by atoms with E-state index in [4.69, 9.17) is 0 Å². The number of rotatable bonds is 4. The van der Waals surface area contributed by atoms with Crippen LogP contribution in [0.5, 0.6) is 0 Å². The number of hydrogen-bond acceptors (Lipinski definition) is 4. The van der Waals surface area contributed by atoms with Crippen molar-refractivity contribution in [2.45, 2.75) is 82.9 Å². The molecule has 2 aliphatic rings. The molecule has 5 heteroatoms. The van der Waals surface area contributed by atoms with Gasteiger partial charge in [-0.15, -0.1) is 0 Å². The zero-order valence-corrected chi connectivity index (χ0v) is 13.3. The number of nitrogens with zero attached hydrogens (tertiary/aromatic N) is 3. The molecule has 1 atom stereocenters. The minimum atomic E-state index is -0.482. The van der Waals surface area contributed by atoms with Crippen molar-refractivity contribution < 1.29 is 5.11 Å². The summed E-state index contributed by atoms with van der Waals surface area (Å²) in [6, 6.07) is 0.408. The first-order valence-electron chi connectivity index (χ1n) is 8.45. The van der Waals surface area contributed by atoms with Crippen LogP contribution in [0.25, 0.3) is 0 Å². The second-order valence-corrected chi connectivity index (χ2v) is 7.12. The molecule has 0 aromatic carbocycles. The highest BCUT2D eigenvalue weighted by Crippen LogP contribution is 2.27. The predicted octanol–water partition coefficient (Wildman–Crippen LogP) is 2.00. The molecule has 2 heterocycles. The van der Waals surface area contributed by atoms with Crippen molar-refractivity contribution in [2.75, 3.05) is 6.54 Å². The summed E-state index contributed by atoms with van der Waals surface area (Å²) in [4.78, 5) is 4.62. The lowest BCUT2D eigenvalue weighted by molar-refractivity contribution is 0.00155. The lowest BCUT2D eigenvalue weighted by atomic mass is 9.84. The summed E-state index contributed by atoms with van der Waals surface area (Å²) in [7, 11) is 0. The smallest absolute Gasteiger partial charge is 0.153 e. The lowest BCUT2D eigenvalue weighted by Crippen LogP contribution is -2.48. The maximum atomic E-state index is 10.6. The third-order valence-electron chi connectivity index (χ3n) is 4.89. The molecule has 1 aromatic heterocycles. The molecule has 118 valence electrons. The lowest BCUT2D eigenvalue weighted by Gasteiger charge is -2.34. The zero-order chi connectivity index (χ0) is 14.9. The molecule has 1 aliphatic heterocycles.